The Hall–Kier alpha value is -0.830. The second kappa shape index (κ2) is 6.37. The molecule has 0 amide bonds. The predicted molar refractivity (Wildman–Crippen MR) is 76.4 cm³/mol. The zero-order valence-corrected chi connectivity index (χ0v) is 12.0. The minimum atomic E-state index is 0.447. The lowest BCUT2D eigenvalue weighted by Crippen LogP contribution is -2.40. The third-order valence-corrected chi connectivity index (χ3v) is 3.85. The first kappa shape index (κ1) is 13.6. The van der Waals surface area contributed by atoms with Gasteiger partial charge in [0.15, 0.2) is 0 Å². The fraction of sp³-hybridized carbons (Fsp3) is 0.714. The Morgan fingerprint density at radius 1 is 1.39 bits per heavy atom. The Balaban J connectivity index is 2.19. The minimum Gasteiger partial charge on any atom is -0.353 e. The van der Waals surface area contributed by atoms with Gasteiger partial charge in [0, 0.05) is 30.2 Å². The van der Waals surface area contributed by atoms with E-state index in [2.05, 4.69) is 34.8 Å². The predicted octanol–water partition coefficient (Wildman–Crippen LogP) is 3.59. The fourth-order valence-electron chi connectivity index (χ4n) is 2.56. The lowest BCUT2D eigenvalue weighted by molar-refractivity contribution is 0.447. The first-order valence-corrected chi connectivity index (χ1v) is 7.40. The maximum absolute atomic E-state index is 5.91. The monoisotopic (exact) mass is 267 g/mol. The zero-order chi connectivity index (χ0) is 13.0. The molecule has 18 heavy (non-hydrogen) atoms. The number of aromatic nitrogens is 2. The van der Waals surface area contributed by atoms with E-state index in [1.165, 1.54) is 19.3 Å². The summed E-state index contributed by atoms with van der Waals surface area (Å²) in [7, 11) is 0. The summed E-state index contributed by atoms with van der Waals surface area (Å²) < 4.78 is 0. The molecule has 1 aliphatic heterocycles. The highest BCUT2D eigenvalue weighted by molar-refractivity contribution is 6.17. The van der Waals surface area contributed by atoms with Crippen LogP contribution in [0.4, 0.5) is 5.82 Å². The SMILES string of the molecule is CC(C)c1cc(N2CCCCC2CCCl)ncn1. The van der Waals surface area contributed by atoms with Crippen LogP contribution in [0.2, 0.25) is 0 Å². The molecule has 3 nitrogen and oxygen atoms in total. The Kier molecular flexibility index (Phi) is 4.81. The quantitative estimate of drug-likeness (QED) is 0.781. The van der Waals surface area contributed by atoms with Crippen LogP contribution in [0, 0.1) is 0 Å². The fourth-order valence-corrected chi connectivity index (χ4v) is 2.81. The van der Waals surface area contributed by atoms with Gasteiger partial charge < -0.3 is 4.90 Å². The van der Waals surface area contributed by atoms with Crippen molar-refractivity contribution in [3.8, 4) is 0 Å². The lowest BCUT2D eigenvalue weighted by atomic mass is 10.00. The van der Waals surface area contributed by atoms with E-state index >= 15 is 0 Å². The Labute approximate surface area is 115 Å². The van der Waals surface area contributed by atoms with Crippen LogP contribution in [0.5, 0.6) is 0 Å². The molecule has 1 aromatic rings. The van der Waals surface area contributed by atoms with E-state index < -0.39 is 0 Å². The molecule has 2 heterocycles. The van der Waals surface area contributed by atoms with Crippen molar-refractivity contribution in [2.75, 3.05) is 17.3 Å². The third-order valence-electron chi connectivity index (χ3n) is 3.63. The van der Waals surface area contributed by atoms with Gasteiger partial charge in [-0.15, -0.1) is 11.6 Å². The van der Waals surface area contributed by atoms with Crippen molar-refractivity contribution < 1.29 is 0 Å². The van der Waals surface area contributed by atoms with Crippen LogP contribution in [0.25, 0.3) is 0 Å². The van der Waals surface area contributed by atoms with Crippen LogP contribution in [-0.2, 0) is 0 Å². The van der Waals surface area contributed by atoms with Gasteiger partial charge in [0.2, 0.25) is 0 Å². The van der Waals surface area contributed by atoms with E-state index in [1.807, 2.05) is 0 Å². The Morgan fingerprint density at radius 2 is 2.22 bits per heavy atom. The average Bonchev–Trinajstić information content (AvgIpc) is 2.40. The van der Waals surface area contributed by atoms with Crippen molar-refractivity contribution in [1.82, 2.24) is 9.97 Å². The molecule has 1 aliphatic rings. The molecule has 1 fully saturated rings. The number of piperidine rings is 1. The molecule has 0 radical (unpaired) electrons. The van der Waals surface area contributed by atoms with E-state index in [-0.39, 0.29) is 0 Å². The molecular formula is C14H22ClN3. The molecule has 1 saturated heterocycles. The van der Waals surface area contributed by atoms with E-state index in [0.29, 0.717) is 12.0 Å². The smallest absolute Gasteiger partial charge is 0.132 e. The molecule has 1 atom stereocenters. The molecule has 2 rings (SSSR count). The highest BCUT2D eigenvalue weighted by Gasteiger charge is 2.23. The molecule has 0 aliphatic carbocycles. The van der Waals surface area contributed by atoms with E-state index in [4.69, 9.17) is 11.6 Å². The van der Waals surface area contributed by atoms with Crippen molar-refractivity contribution in [3.05, 3.63) is 18.1 Å². The number of alkyl halides is 1. The van der Waals surface area contributed by atoms with Gasteiger partial charge in [-0.2, -0.15) is 0 Å². The number of nitrogens with zero attached hydrogens (tertiary/aromatic N) is 3. The number of anilines is 1. The van der Waals surface area contributed by atoms with Crippen LogP contribution < -0.4 is 4.90 Å². The maximum Gasteiger partial charge on any atom is 0.132 e. The second-order valence-electron chi connectivity index (χ2n) is 5.28. The van der Waals surface area contributed by atoms with Crippen LogP contribution >= 0.6 is 11.6 Å². The average molecular weight is 268 g/mol. The van der Waals surface area contributed by atoms with Crippen molar-refractivity contribution >= 4 is 17.4 Å². The molecule has 1 aromatic heterocycles. The number of halogens is 1. The summed E-state index contributed by atoms with van der Waals surface area (Å²) in [4.78, 5) is 11.2. The molecular weight excluding hydrogens is 246 g/mol. The van der Waals surface area contributed by atoms with Gasteiger partial charge >= 0.3 is 0 Å². The number of hydrogen-bond donors (Lipinski definition) is 0. The molecule has 0 spiro atoms. The summed E-state index contributed by atoms with van der Waals surface area (Å²) in [6, 6.07) is 2.68. The number of rotatable bonds is 4. The van der Waals surface area contributed by atoms with Crippen molar-refractivity contribution in [3.63, 3.8) is 0 Å². The van der Waals surface area contributed by atoms with Gasteiger partial charge in [-0.05, 0) is 31.6 Å². The van der Waals surface area contributed by atoms with Crippen molar-refractivity contribution in [1.29, 1.82) is 0 Å². The highest BCUT2D eigenvalue weighted by Crippen LogP contribution is 2.26. The molecule has 1 unspecified atom stereocenters. The Morgan fingerprint density at radius 3 is 2.94 bits per heavy atom. The third kappa shape index (κ3) is 3.14. The second-order valence-corrected chi connectivity index (χ2v) is 5.65. The molecule has 0 bridgehead atoms. The minimum absolute atomic E-state index is 0.447. The van der Waals surface area contributed by atoms with E-state index in [1.54, 1.807) is 6.33 Å². The van der Waals surface area contributed by atoms with E-state index in [0.717, 1.165) is 30.4 Å². The van der Waals surface area contributed by atoms with Crippen LogP contribution in [-0.4, -0.2) is 28.4 Å². The summed E-state index contributed by atoms with van der Waals surface area (Å²) in [6.07, 6.45) is 6.52. The number of hydrogen-bond acceptors (Lipinski definition) is 3. The summed E-state index contributed by atoms with van der Waals surface area (Å²) in [5.41, 5.74) is 1.12. The summed E-state index contributed by atoms with van der Waals surface area (Å²) >= 11 is 5.91. The summed E-state index contributed by atoms with van der Waals surface area (Å²) in [5, 5.41) is 0. The van der Waals surface area contributed by atoms with Crippen molar-refractivity contribution in [2.45, 2.75) is 51.5 Å². The summed E-state index contributed by atoms with van der Waals surface area (Å²) in [5.74, 6) is 2.25. The maximum atomic E-state index is 5.91. The topological polar surface area (TPSA) is 29.0 Å². The van der Waals surface area contributed by atoms with Gasteiger partial charge in [-0.25, -0.2) is 9.97 Å². The highest BCUT2D eigenvalue weighted by atomic mass is 35.5. The van der Waals surface area contributed by atoms with Crippen LogP contribution in [0.15, 0.2) is 12.4 Å². The van der Waals surface area contributed by atoms with Gasteiger partial charge in [0.25, 0.3) is 0 Å². The first-order valence-electron chi connectivity index (χ1n) is 6.87. The van der Waals surface area contributed by atoms with Gasteiger partial charge in [-0.3, -0.25) is 0 Å². The molecule has 0 N–H and O–H groups in total. The molecule has 4 heteroatoms. The van der Waals surface area contributed by atoms with Crippen LogP contribution in [0.3, 0.4) is 0 Å². The van der Waals surface area contributed by atoms with Gasteiger partial charge in [0.05, 0.1) is 0 Å². The molecule has 100 valence electrons. The summed E-state index contributed by atoms with van der Waals surface area (Å²) in [6.45, 7) is 5.42. The van der Waals surface area contributed by atoms with Gasteiger partial charge in [0.1, 0.15) is 12.1 Å². The normalized spacial score (nSPS) is 20.4. The Bertz CT molecular complexity index is 379. The first-order chi connectivity index (χ1) is 8.72. The van der Waals surface area contributed by atoms with Crippen molar-refractivity contribution in [2.24, 2.45) is 0 Å². The lowest BCUT2D eigenvalue weighted by Gasteiger charge is -2.36. The molecule has 0 aromatic carbocycles. The largest absolute Gasteiger partial charge is 0.353 e. The van der Waals surface area contributed by atoms with Crippen LogP contribution in [0.1, 0.15) is 51.1 Å². The molecule has 0 saturated carbocycles. The standard InChI is InChI=1S/C14H22ClN3/c1-11(2)13-9-14(17-10-16-13)18-8-4-3-5-12(18)6-7-15/h9-12H,3-8H2,1-2H3. The van der Waals surface area contributed by atoms with E-state index in [9.17, 15) is 0 Å². The zero-order valence-electron chi connectivity index (χ0n) is 11.3. The van der Waals surface area contributed by atoms with Gasteiger partial charge in [-0.1, -0.05) is 13.8 Å².